The normalized spacial score (nSPS) is 26.8. The minimum atomic E-state index is -0.810. The highest BCUT2D eigenvalue weighted by Crippen LogP contribution is 2.31. The fourth-order valence-corrected chi connectivity index (χ4v) is 2.73. The summed E-state index contributed by atoms with van der Waals surface area (Å²) in [6.45, 7) is 7.44. The molecule has 0 spiro atoms. The molecule has 1 rings (SSSR count). The molecule has 1 aliphatic carbocycles. The van der Waals surface area contributed by atoms with Crippen molar-refractivity contribution in [1.82, 2.24) is 5.32 Å². The van der Waals surface area contributed by atoms with Crippen LogP contribution in [0.5, 0.6) is 0 Å². The predicted octanol–water partition coefficient (Wildman–Crippen LogP) is 2.58. The van der Waals surface area contributed by atoms with Crippen molar-refractivity contribution < 1.29 is 19.4 Å². The average Bonchev–Trinajstić information content (AvgIpc) is 2.45. The second-order valence-corrected chi connectivity index (χ2v) is 6.62. The van der Waals surface area contributed by atoms with E-state index in [2.05, 4.69) is 5.32 Å². The van der Waals surface area contributed by atoms with Gasteiger partial charge in [0.1, 0.15) is 5.54 Å². The first-order valence-corrected chi connectivity index (χ1v) is 8.00. The van der Waals surface area contributed by atoms with Crippen molar-refractivity contribution >= 4 is 5.97 Å². The van der Waals surface area contributed by atoms with Crippen LogP contribution in [0.15, 0.2) is 0 Å². The van der Waals surface area contributed by atoms with Crippen LogP contribution in [0.4, 0.5) is 0 Å². The van der Waals surface area contributed by atoms with Crippen LogP contribution in [0.3, 0.4) is 0 Å². The second kappa shape index (κ2) is 8.11. The van der Waals surface area contributed by atoms with E-state index < -0.39 is 11.5 Å². The van der Waals surface area contributed by atoms with Crippen molar-refractivity contribution in [3.63, 3.8) is 0 Å². The number of ether oxygens (including phenoxy) is 2. The Morgan fingerprint density at radius 3 is 2.76 bits per heavy atom. The Kier molecular flexibility index (Phi) is 7.10. The monoisotopic (exact) mass is 301 g/mol. The molecule has 2 unspecified atom stereocenters. The molecule has 1 aliphatic rings. The van der Waals surface area contributed by atoms with Gasteiger partial charge in [0, 0.05) is 20.1 Å². The predicted molar refractivity (Wildman–Crippen MR) is 82.6 cm³/mol. The minimum absolute atomic E-state index is 0.0202. The first kappa shape index (κ1) is 18.4. The molecule has 0 amide bonds. The van der Waals surface area contributed by atoms with Gasteiger partial charge in [-0.1, -0.05) is 6.92 Å². The third-order valence-corrected chi connectivity index (χ3v) is 4.44. The van der Waals surface area contributed by atoms with Crippen molar-refractivity contribution in [2.24, 2.45) is 0 Å². The molecule has 0 bridgehead atoms. The largest absolute Gasteiger partial charge is 0.480 e. The Morgan fingerprint density at radius 1 is 1.48 bits per heavy atom. The molecular weight excluding hydrogens is 270 g/mol. The maximum absolute atomic E-state index is 11.7. The summed E-state index contributed by atoms with van der Waals surface area (Å²) in [7, 11) is 1.70. The molecule has 2 atom stereocenters. The number of carbonyl (C=O) groups is 1. The van der Waals surface area contributed by atoms with E-state index in [-0.39, 0.29) is 11.7 Å². The Morgan fingerprint density at radius 2 is 2.19 bits per heavy atom. The van der Waals surface area contributed by atoms with Gasteiger partial charge in [0.15, 0.2) is 0 Å². The molecular formula is C16H31NO4. The lowest BCUT2D eigenvalue weighted by Gasteiger charge is -2.38. The standard InChI is InChI=1S/C16H31NO4/c1-5-10-17-16(14(18)19)8-6-7-13(12-16)21-11-9-15(2,3)20-4/h13,17H,5-12H2,1-4H3,(H,18,19). The van der Waals surface area contributed by atoms with Gasteiger partial charge < -0.3 is 19.9 Å². The number of hydrogen-bond acceptors (Lipinski definition) is 4. The van der Waals surface area contributed by atoms with Crippen LogP contribution in [-0.2, 0) is 14.3 Å². The molecule has 2 N–H and O–H groups in total. The molecule has 0 radical (unpaired) electrons. The van der Waals surface area contributed by atoms with E-state index in [4.69, 9.17) is 9.47 Å². The van der Waals surface area contributed by atoms with Crippen LogP contribution >= 0.6 is 0 Å². The van der Waals surface area contributed by atoms with Crippen LogP contribution in [0.1, 0.15) is 59.3 Å². The van der Waals surface area contributed by atoms with Gasteiger partial charge in [-0.25, -0.2) is 0 Å². The molecule has 21 heavy (non-hydrogen) atoms. The van der Waals surface area contributed by atoms with E-state index in [0.29, 0.717) is 19.4 Å². The van der Waals surface area contributed by atoms with E-state index in [1.165, 1.54) is 0 Å². The van der Waals surface area contributed by atoms with Crippen molar-refractivity contribution in [2.75, 3.05) is 20.3 Å². The van der Waals surface area contributed by atoms with E-state index in [1.807, 2.05) is 20.8 Å². The zero-order valence-corrected chi connectivity index (χ0v) is 13.9. The maximum Gasteiger partial charge on any atom is 0.323 e. The molecule has 1 fully saturated rings. The summed E-state index contributed by atoms with van der Waals surface area (Å²) in [5.41, 5.74) is -1.01. The van der Waals surface area contributed by atoms with Crippen molar-refractivity contribution in [3.8, 4) is 0 Å². The van der Waals surface area contributed by atoms with Gasteiger partial charge in [-0.2, -0.15) is 0 Å². The fraction of sp³-hybridized carbons (Fsp3) is 0.938. The van der Waals surface area contributed by atoms with Crippen molar-refractivity contribution in [1.29, 1.82) is 0 Å². The molecule has 0 aromatic heterocycles. The van der Waals surface area contributed by atoms with Crippen molar-refractivity contribution in [2.45, 2.75) is 76.5 Å². The van der Waals surface area contributed by atoms with E-state index >= 15 is 0 Å². The molecule has 0 aliphatic heterocycles. The average molecular weight is 301 g/mol. The van der Waals surface area contributed by atoms with Crippen LogP contribution in [0.25, 0.3) is 0 Å². The van der Waals surface area contributed by atoms with E-state index in [0.717, 1.165) is 32.2 Å². The molecule has 124 valence electrons. The van der Waals surface area contributed by atoms with E-state index in [9.17, 15) is 9.90 Å². The summed E-state index contributed by atoms with van der Waals surface area (Å²) < 4.78 is 11.3. The molecule has 5 heteroatoms. The highest BCUT2D eigenvalue weighted by Gasteiger charge is 2.42. The molecule has 5 nitrogen and oxygen atoms in total. The summed E-state index contributed by atoms with van der Waals surface area (Å²) in [5, 5.41) is 12.8. The Labute approximate surface area is 128 Å². The summed E-state index contributed by atoms with van der Waals surface area (Å²) in [4.78, 5) is 11.7. The van der Waals surface area contributed by atoms with E-state index in [1.54, 1.807) is 7.11 Å². The smallest absolute Gasteiger partial charge is 0.323 e. The second-order valence-electron chi connectivity index (χ2n) is 6.62. The molecule has 0 saturated heterocycles. The Bertz CT molecular complexity index is 332. The number of aliphatic carboxylic acids is 1. The summed E-state index contributed by atoms with van der Waals surface area (Å²) in [6.07, 6.45) is 4.83. The van der Waals surface area contributed by atoms with Crippen LogP contribution in [0.2, 0.25) is 0 Å². The molecule has 0 aromatic carbocycles. The highest BCUT2D eigenvalue weighted by atomic mass is 16.5. The topological polar surface area (TPSA) is 67.8 Å². The van der Waals surface area contributed by atoms with Gasteiger partial charge in [-0.3, -0.25) is 4.79 Å². The quantitative estimate of drug-likeness (QED) is 0.685. The number of methoxy groups -OCH3 is 1. The van der Waals surface area contributed by atoms with Crippen LogP contribution in [0, 0.1) is 0 Å². The number of carboxylic acids is 1. The Hall–Kier alpha value is -0.650. The van der Waals surface area contributed by atoms with Gasteiger partial charge in [-0.15, -0.1) is 0 Å². The first-order valence-electron chi connectivity index (χ1n) is 8.00. The lowest BCUT2D eigenvalue weighted by molar-refractivity contribution is -0.149. The summed E-state index contributed by atoms with van der Waals surface area (Å²) >= 11 is 0. The third-order valence-electron chi connectivity index (χ3n) is 4.44. The third kappa shape index (κ3) is 5.57. The molecule has 1 saturated carbocycles. The maximum atomic E-state index is 11.7. The lowest BCUT2D eigenvalue weighted by Crippen LogP contribution is -2.56. The van der Waals surface area contributed by atoms with Crippen LogP contribution in [-0.4, -0.2) is 48.6 Å². The van der Waals surface area contributed by atoms with Crippen LogP contribution < -0.4 is 5.32 Å². The molecule has 0 heterocycles. The SMILES string of the molecule is CCCNC1(C(=O)O)CCCC(OCCC(C)(C)OC)C1. The summed E-state index contributed by atoms with van der Waals surface area (Å²) in [5.74, 6) is -0.749. The van der Waals surface area contributed by atoms with Gasteiger partial charge in [0.25, 0.3) is 0 Å². The van der Waals surface area contributed by atoms with Gasteiger partial charge in [-0.05, 0) is 52.5 Å². The number of rotatable bonds is 9. The summed E-state index contributed by atoms with van der Waals surface area (Å²) in [6, 6.07) is 0. The number of carboxylic acid groups (broad SMARTS) is 1. The highest BCUT2D eigenvalue weighted by molar-refractivity contribution is 5.79. The fourth-order valence-electron chi connectivity index (χ4n) is 2.73. The first-order chi connectivity index (χ1) is 9.85. The Balaban J connectivity index is 2.51. The van der Waals surface area contributed by atoms with Crippen molar-refractivity contribution in [3.05, 3.63) is 0 Å². The zero-order valence-electron chi connectivity index (χ0n) is 13.9. The van der Waals surface area contributed by atoms with Gasteiger partial charge in [0.2, 0.25) is 0 Å². The minimum Gasteiger partial charge on any atom is -0.480 e. The number of nitrogens with one attached hydrogen (secondary N) is 1. The molecule has 0 aromatic rings. The number of hydrogen-bond donors (Lipinski definition) is 2. The van der Waals surface area contributed by atoms with Gasteiger partial charge >= 0.3 is 5.97 Å². The van der Waals surface area contributed by atoms with Gasteiger partial charge in [0.05, 0.1) is 11.7 Å². The lowest BCUT2D eigenvalue weighted by atomic mass is 9.80. The zero-order chi connectivity index (χ0) is 15.9.